The van der Waals surface area contributed by atoms with E-state index in [1.54, 1.807) is 0 Å². The molecule has 2 unspecified atom stereocenters. The van der Waals surface area contributed by atoms with Crippen LogP contribution in [-0.2, 0) is 4.74 Å². The average Bonchev–Trinajstić information content (AvgIpc) is 3.19. The molecule has 3 aliphatic rings. The Bertz CT molecular complexity index is 373. The van der Waals surface area contributed by atoms with Crippen LogP contribution in [0.3, 0.4) is 0 Å². The Hall–Kier alpha value is -0.120. The first-order chi connectivity index (χ1) is 9.75. The lowest BCUT2D eigenvalue weighted by atomic mass is 9.72. The molecule has 2 atom stereocenters. The molecular weight excluding hydrogens is 260 g/mol. The van der Waals surface area contributed by atoms with Gasteiger partial charge in [0.25, 0.3) is 0 Å². The highest BCUT2D eigenvalue weighted by Crippen LogP contribution is 2.49. The van der Waals surface area contributed by atoms with E-state index in [9.17, 15) is 0 Å². The van der Waals surface area contributed by atoms with Crippen LogP contribution in [0, 0.1) is 11.8 Å². The number of nitrogens with zero attached hydrogens (tertiary/aromatic N) is 1. The summed E-state index contributed by atoms with van der Waals surface area (Å²) in [5, 5.41) is 0. The monoisotopic (exact) mass is 294 g/mol. The van der Waals surface area contributed by atoms with Crippen LogP contribution in [0.25, 0.3) is 0 Å². The summed E-state index contributed by atoms with van der Waals surface area (Å²) < 4.78 is 6.28. The van der Waals surface area contributed by atoms with Gasteiger partial charge in [-0.3, -0.25) is 4.90 Å². The van der Waals surface area contributed by atoms with Crippen molar-refractivity contribution in [3.05, 3.63) is 0 Å². The minimum absolute atomic E-state index is 0.0730. The molecule has 2 aliphatic carbocycles. The van der Waals surface area contributed by atoms with Crippen LogP contribution in [-0.4, -0.2) is 41.3 Å². The maximum Gasteiger partial charge on any atom is 0.0761 e. The van der Waals surface area contributed by atoms with Crippen molar-refractivity contribution >= 4 is 0 Å². The summed E-state index contributed by atoms with van der Waals surface area (Å²) in [6.07, 6.45) is 8.32. The summed E-state index contributed by atoms with van der Waals surface area (Å²) in [5.74, 6) is 1.94. The van der Waals surface area contributed by atoms with Gasteiger partial charge < -0.3 is 10.5 Å². The van der Waals surface area contributed by atoms with Crippen molar-refractivity contribution < 1.29 is 4.74 Å². The average molecular weight is 294 g/mol. The first-order valence-electron chi connectivity index (χ1n) is 8.91. The summed E-state index contributed by atoms with van der Waals surface area (Å²) in [7, 11) is 0. The number of ether oxygens (including phenoxy) is 1. The Labute approximate surface area is 130 Å². The Morgan fingerprint density at radius 2 is 1.62 bits per heavy atom. The smallest absolute Gasteiger partial charge is 0.0761 e. The highest BCUT2D eigenvalue weighted by molar-refractivity contribution is 5.04. The van der Waals surface area contributed by atoms with E-state index < -0.39 is 0 Å². The Morgan fingerprint density at radius 3 is 2.14 bits per heavy atom. The SMILES string of the molecule is CC1(C)CN(C2(CN)CCCC(C3CC3)C2)CC(C)(C)O1. The molecule has 0 radical (unpaired) electrons. The maximum absolute atomic E-state index is 6.35. The zero-order valence-electron chi connectivity index (χ0n) is 14.5. The molecule has 0 aromatic heterocycles. The quantitative estimate of drug-likeness (QED) is 0.869. The highest BCUT2D eigenvalue weighted by atomic mass is 16.5. The number of hydrogen-bond acceptors (Lipinski definition) is 3. The number of hydrogen-bond donors (Lipinski definition) is 1. The van der Waals surface area contributed by atoms with Crippen LogP contribution in [0.4, 0.5) is 0 Å². The molecule has 3 heteroatoms. The second kappa shape index (κ2) is 5.21. The van der Waals surface area contributed by atoms with Gasteiger partial charge in [-0.25, -0.2) is 0 Å². The third kappa shape index (κ3) is 3.30. The Kier molecular flexibility index (Phi) is 3.91. The molecule has 1 heterocycles. The lowest BCUT2D eigenvalue weighted by Crippen LogP contribution is -2.67. The Balaban J connectivity index is 1.80. The van der Waals surface area contributed by atoms with Crippen molar-refractivity contribution in [2.45, 2.75) is 83.0 Å². The lowest BCUT2D eigenvalue weighted by molar-refractivity contribution is -0.203. The molecule has 3 rings (SSSR count). The van der Waals surface area contributed by atoms with E-state index in [1.807, 2.05) is 0 Å². The van der Waals surface area contributed by atoms with E-state index in [0.29, 0.717) is 0 Å². The highest BCUT2D eigenvalue weighted by Gasteiger charge is 2.49. The largest absolute Gasteiger partial charge is 0.367 e. The third-order valence-corrected chi connectivity index (χ3v) is 5.89. The van der Waals surface area contributed by atoms with Crippen LogP contribution >= 0.6 is 0 Å². The standard InChI is InChI=1S/C18H34N2O/c1-16(2)12-20(13-17(3,4)21-16)18(11-19)9-5-6-15(10-18)14-7-8-14/h14-15H,5-13,19H2,1-4H3. The van der Waals surface area contributed by atoms with Gasteiger partial charge in [-0.2, -0.15) is 0 Å². The van der Waals surface area contributed by atoms with Crippen LogP contribution in [0.2, 0.25) is 0 Å². The van der Waals surface area contributed by atoms with Crippen molar-refractivity contribution in [1.82, 2.24) is 4.90 Å². The third-order valence-electron chi connectivity index (χ3n) is 5.89. The van der Waals surface area contributed by atoms with Gasteiger partial charge >= 0.3 is 0 Å². The van der Waals surface area contributed by atoms with Crippen LogP contribution in [0.5, 0.6) is 0 Å². The molecule has 2 saturated carbocycles. The summed E-state index contributed by atoms with van der Waals surface area (Å²) in [4.78, 5) is 2.70. The van der Waals surface area contributed by atoms with Crippen LogP contribution < -0.4 is 5.73 Å². The van der Waals surface area contributed by atoms with E-state index >= 15 is 0 Å². The maximum atomic E-state index is 6.35. The number of morpholine rings is 1. The van der Waals surface area contributed by atoms with Gasteiger partial charge in [-0.15, -0.1) is 0 Å². The first kappa shape index (κ1) is 15.8. The summed E-state index contributed by atoms with van der Waals surface area (Å²) in [5.41, 5.74) is 6.43. The second-order valence-corrected chi connectivity index (χ2v) is 9.10. The molecule has 1 aliphatic heterocycles. The molecule has 21 heavy (non-hydrogen) atoms. The summed E-state index contributed by atoms with van der Waals surface area (Å²) in [6.45, 7) is 11.8. The fraction of sp³-hybridized carbons (Fsp3) is 1.00. The zero-order chi connectivity index (χ0) is 15.3. The second-order valence-electron chi connectivity index (χ2n) is 9.10. The van der Waals surface area contributed by atoms with Gasteiger partial charge in [0.1, 0.15) is 0 Å². The molecule has 0 bridgehead atoms. The van der Waals surface area contributed by atoms with E-state index in [4.69, 9.17) is 10.5 Å². The molecule has 0 aromatic carbocycles. The molecule has 122 valence electrons. The summed E-state index contributed by atoms with van der Waals surface area (Å²) in [6, 6.07) is 0. The minimum Gasteiger partial charge on any atom is -0.367 e. The normalized spacial score (nSPS) is 40.1. The fourth-order valence-corrected chi connectivity index (χ4v) is 5.08. The van der Waals surface area contributed by atoms with E-state index in [-0.39, 0.29) is 16.7 Å². The molecule has 3 fully saturated rings. The topological polar surface area (TPSA) is 38.5 Å². The predicted octanol–water partition coefficient (Wildman–Crippen LogP) is 3.17. The molecule has 0 spiro atoms. The minimum atomic E-state index is -0.0730. The molecule has 2 N–H and O–H groups in total. The molecule has 0 amide bonds. The van der Waals surface area contributed by atoms with Crippen molar-refractivity contribution in [1.29, 1.82) is 0 Å². The molecule has 1 saturated heterocycles. The molecular formula is C18H34N2O. The number of nitrogens with two attached hydrogens (primary N) is 1. The van der Waals surface area contributed by atoms with Gasteiger partial charge in [-0.1, -0.05) is 12.8 Å². The summed E-state index contributed by atoms with van der Waals surface area (Å²) >= 11 is 0. The van der Waals surface area contributed by atoms with Gasteiger partial charge in [0.15, 0.2) is 0 Å². The van der Waals surface area contributed by atoms with Crippen molar-refractivity contribution in [3.63, 3.8) is 0 Å². The molecule has 3 nitrogen and oxygen atoms in total. The zero-order valence-corrected chi connectivity index (χ0v) is 14.5. The predicted molar refractivity (Wildman–Crippen MR) is 87.3 cm³/mol. The van der Waals surface area contributed by atoms with Gasteiger partial charge in [0.2, 0.25) is 0 Å². The van der Waals surface area contributed by atoms with Gasteiger partial charge in [-0.05, 0) is 65.2 Å². The van der Waals surface area contributed by atoms with Crippen molar-refractivity contribution in [2.75, 3.05) is 19.6 Å². The van der Waals surface area contributed by atoms with E-state index in [2.05, 4.69) is 32.6 Å². The van der Waals surface area contributed by atoms with E-state index in [1.165, 1.54) is 38.5 Å². The van der Waals surface area contributed by atoms with Crippen molar-refractivity contribution in [2.24, 2.45) is 17.6 Å². The fourth-order valence-electron chi connectivity index (χ4n) is 5.08. The van der Waals surface area contributed by atoms with Crippen LogP contribution in [0.1, 0.15) is 66.2 Å². The molecule has 0 aromatic rings. The van der Waals surface area contributed by atoms with Crippen molar-refractivity contribution in [3.8, 4) is 0 Å². The van der Waals surface area contributed by atoms with E-state index in [0.717, 1.165) is 31.5 Å². The lowest BCUT2D eigenvalue weighted by Gasteiger charge is -2.56. The van der Waals surface area contributed by atoms with Crippen LogP contribution in [0.15, 0.2) is 0 Å². The Morgan fingerprint density at radius 1 is 1.00 bits per heavy atom. The first-order valence-corrected chi connectivity index (χ1v) is 8.91. The number of rotatable bonds is 3. The van der Waals surface area contributed by atoms with Gasteiger partial charge in [0, 0.05) is 25.2 Å². The van der Waals surface area contributed by atoms with Gasteiger partial charge in [0.05, 0.1) is 11.2 Å².